The van der Waals surface area contributed by atoms with Gasteiger partial charge in [0.25, 0.3) is 0 Å². The molecule has 0 aliphatic heterocycles. The van der Waals surface area contributed by atoms with Crippen LogP contribution in [0.15, 0.2) is 36.4 Å². The maximum absolute atomic E-state index is 11.4. The number of methoxy groups -OCH3 is 1. The van der Waals surface area contributed by atoms with Crippen molar-refractivity contribution in [1.82, 2.24) is 0 Å². The number of carbonyl (C=O) groups is 1. The van der Waals surface area contributed by atoms with Crippen LogP contribution in [0.3, 0.4) is 0 Å². The number of aldehydes is 1. The molecule has 0 aliphatic rings. The Balaban J connectivity index is 2.68. The van der Waals surface area contributed by atoms with Crippen molar-refractivity contribution < 1.29 is 9.53 Å². The van der Waals surface area contributed by atoms with Crippen molar-refractivity contribution in [3.8, 4) is 5.75 Å². The number of benzene rings is 2. The normalized spacial score (nSPS) is 12.6. The molecule has 1 atom stereocenters. The first-order chi connectivity index (χ1) is 11.6. The van der Waals surface area contributed by atoms with E-state index in [4.69, 9.17) is 4.74 Å². The summed E-state index contributed by atoms with van der Waals surface area (Å²) < 4.78 is 5.83. The third-order valence-electron chi connectivity index (χ3n) is 4.32. The zero-order chi connectivity index (χ0) is 18.8. The molecule has 25 heavy (non-hydrogen) atoms. The van der Waals surface area contributed by atoms with Crippen molar-refractivity contribution in [2.45, 2.75) is 52.4 Å². The third-order valence-corrected chi connectivity index (χ3v) is 5.69. The van der Waals surface area contributed by atoms with Gasteiger partial charge in [0, 0.05) is 16.4 Å². The van der Waals surface area contributed by atoms with E-state index in [1.165, 1.54) is 11.1 Å². The Kier molecular flexibility index (Phi) is 5.74. The van der Waals surface area contributed by atoms with Gasteiger partial charge in [0.15, 0.2) is 6.29 Å². The highest BCUT2D eigenvalue weighted by Gasteiger charge is 2.26. The van der Waals surface area contributed by atoms with Gasteiger partial charge < -0.3 is 4.74 Å². The van der Waals surface area contributed by atoms with Crippen molar-refractivity contribution in [2.75, 3.05) is 7.11 Å². The fourth-order valence-corrected chi connectivity index (χ4v) is 4.12. The lowest BCUT2D eigenvalue weighted by Crippen LogP contribution is -2.22. The summed E-state index contributed by atoms with van der Waals surface area (Å²) in [6, 6.07) is 12.3. The Labute approximate surface area is 153 Å². The molecule has 0 aromatic heterocycles. The molecule has 3 heteroatoms. The van der Waals surface area contributed by atoms with E-state index in [1.54, 1.807) is 7.11 Å². The number of hydrogen-bond acceptors (Lipinski definition) is 2. The van der Waals surface area contributed by atoms with Crippen LogP contribution in [0.4, 0.5) is 0 Å². The van der Waals surface area contributed by atoms with Gasteiger partial charge in [-0.25, -0.2) is 0 Å². The third kappa shape index (κ3) is 4.50. The molecule has 2 aromatic carbocycles. The van der Waals surface area contributed by atoms with Crippen molar-refractivity contribution in [3.05, 3.63) is 53.1 Å². The summed E-state index contributed by atoms with van der Waals surface area (Å²) in [6.07, 6.45) is 0.938. The van der Waals surface area contributed by atoms with Crippen LogP contribution >= 0.6 is 8.58 Å². The van der Waals surface area contributed by atoms with Crippen LogP contribution < -0.4 is 15.3 Å². The first kappa shape index (κ1) is 19.7. The van der Waals surface area contributed by atoms with Gasteiger partial charge in [-0.3, -0.25) is 4.79 Å². The predicted molar refractivity (Wildman–Crippen MR) is 110 cm³/mol. The summed E-state index contributed by atoms with van der Waals surface area (Å²) in [5, 5.41) is 2.22. The van der Waals surface area contributed by atoms with E-state index in [9.17, 15) is 4.79 Å². The molecule has 0 saturated carbocycles. The minimum Gasteiger partial charge on any atom is -0.496 e. The highest BCUT2D eigenvalue weighted by molar-refractivity contribution is 7.56. The van der Waals surface area contributed by atoms with Crippen LogP contribution in [0.5, 0.6) is 5.75 Å². The van der Waals surface area contributed by atoms with Crippen LogP contribution in [-0.2, 0) is 10.8 Å². The van der Waals surface area contributed by atoms with Crippen molar-refractivity contribution in [1.29, 1.82) is 0 Å². The quantitative estimate of drug-likeness (QED) is 0.585. The number of carbonyl (C=O) groups excluding carboxylic acids is 1. The van der Waals surface area contributed by atoms with Gasteiger partial charge in [-0.2, -0.15) is 0 Å². The largest absolute Gasteiger partial charge is 0.496 e. The second-order valence-electron chi connectivity index (χ2n) is 8.43. The minimum atomic E-state index is -0.0178. The molecule has 0 N–H and O–H groups in total. The van der Waals surface area contributed by atoms with E-state index in [2.05, 4.69) is 53.7 Å². The molecule has 134 valence electrons. The second kappa shape index (κ2) is 7.30. The highest BCUT2D eigenvalue weighted by atomic mass is 31.1. The van der Waals surface area contributed by atoms with Gasteiger partial charge in [0.2, 0.25) is 0 Å². The summed E-state index contributed by atoms with van der Waals surface area (Å²) in [5.74, 6) is 0.944. The van der Waals surface area contributed by atoms with Gasteiger partial charge in [0.05, 0.1) is 7.11 Å². The van der Waals surface area contributed by atoms with Gasteiger partial charge in [-0.1, -0.05) is 80.5 Å². The molecule has 2 nitrogen and oxygen atoms in total. The van der Waals surface area contributed by atoms with E-state index in [-0.39, 0.29) is 10.8 Å². The average molecular weight is 356 g/mol. The Morgan fingerprint density at radius 1 is 0.920 bits per heavy atom. The topological polar surface area (TPSA) is 26.3 Å². The van der Waals surface area contributed by atoms with E-state index >= 15 is 0 Å². The molecule has 2 rings (SSSR count). The lowest BCUT2D eigenvalue weighted by Gasteiger charge is -2.29. The lowest BCUT2D eigenvalue weighted by molar-refractivity contribution is 0.112. The minimum absolute atomic E-state index is 0.0178. The van der Waals surface area contributed by atoms with Crippen LogP contribution in [-0.4, -0.2) is 13.4 Å². The Bertz CT molecular complexity index is 765. The van der Waals surface area contributed by atoms with E-state index in [1.807, 2.05) is 24.3 Å². The van der Waals surface area contributed by atoms with Crippen LogP contribution in [0.1, 0.15) is 63.0 Å². The van der Waals surface area contributed by atoms with Crippen LogP contribution in [0, 0.1) is 0 Å². The Morgan fingerprint density at radius 2 is 1.56 bits per heavy atom. The standard InChI is InChI=1S/C22H29O2P/c1-21(2,3)16-12-17(22(4,5)6)20(24-7)19(13-16)25-18-11-9-8-10-15(18)14-23/h8-14,25H,1-7H3. The SMILES string of the molecule is COc1c(Pc2ccccc2C=O)cc(C(C)(C)C)cc1C(C)(C)C. The van der Waals surface area contributed by atoms with Crippen LogP contribution in [0.2, 0.25) is 0 Å². The Morgan fingerprint density at radius 3 is 2.08 bits per heavy atom. The molecule has 2 aromatic rings. The fourth-order valence-electron chi connectivity index (χ4n) is 2.79. The number of hydrogen-bond donors (Lipinski definition) is 0. The van der Waals surface area contributed by atoms with E-state index in [0.717, 1.165) is 28.2 Å². The van der Waals surface area contributed by atoms with Gasteiger partial charge in [-0.15, -0.1) is 0 Å². The van der Waals surface area contributed by atoms with Crippen molar-refractivity contribution >= 4 is 25.5 Å². The molecule has 0 spiro atoms. The number of ether oxygens (including phenoxy) is 1. The maximum atomic E-state index is 11.4. The van der Waals surface area contributed by atoms with E-state index in [0.29, 0.717) is 8.58 Å². The number of rotatable bonds is 4. The van der Waals surface area contributed by atoms with Crippen molar-refractivity contribution in [2.24, 2.45) is 0 Å². The van der Waals surface area contributed by atoms with Gasteiger partial charge in [-0.05, 0) is 27.8 Å². The zero-order valence-corrected chi connectivity index (χ0v) is 17.4. The molecule has 0 saturated heterocycles. The highest BCUT2D eigenvalue weighted by Crippen LogP contribution is 2.37. The van der Waals surface area contributed by atoms with Crippen molar-refractivity contribution in [3.63, 3.8) is 0 Å². The molecule has 0 bridgehead atoms. The van der Waals surface area contributed by atoms with Gasteiger partial charge in [0.1, 0.15) is 5.75 Å². The lowest BCUT2D eigenvalue weighted by atomic mass is 9.80. The molecule has 0 radical (unpaired) electrons. The molecule has 0 amide bonds. The smallest absolute Gasteiger partial charge is 0.150 e. The van der Waals surface area contributed by atoms with E-state index < -0.39 is 0 Å². The fraction of sp³-hybridized carbons (Fsp3) is 0.409. The Hall–Kier alpha value is -1.66. The molecule has 0 aliphatic carbocycles. The first-order valence-corrected chi connectivity index (χ1v) is 9.62. The first-order valence-electron chi connectivity index (χ1n) is 8.62. The molecule has 1 unspecified atom stereocenters. The summed E-state index contributed by atoms with van der Waals surface area (Å²) in [6.45, 7) is 13.3. The summed E-state index contributed by atoms with van der Waals surface area (Å²) >= 11 is 0. The molecule has 0 fully saturated rings. The van der Waals surface area contributed by atoms with Crippen LogP contribution in [0.25, 0.3) is 0 Å². The maximum Gasteiger partial charge on any atom is 0.150 e. The monoisotopic (exact) mass is 356 g/mol. The molecule has 0 heterocycles. The molecular weight excluding hydrogens is 327 g/mol. The zero-order valence-electron chi connectivity index (χ0n) is 16.4. The summed E-state index contributed by atoms with van der Waals surface area (Å²) in [5.41, 5.74) is 3.30. The predicted octanol–water partition coefficient (Wildman–Crippen LogP) is 4.73. The average Bonchev–Trinajstić information content (AvgIpc) is 2.53. The summed E-state index contributed by atoms with van der Waals surface area (Å²) in [7, 11) is 2.12. The van der Waals surface area contributed by atoms with Gasteiger partial charge >= 0.3 is 0 Å². The summed E-state index contributed by atoms with van der Waals surface area (Å²) in [4.78, 5) is 11.4. The second-order valence-corrected chi connectivity index (χ2v) is 9.76. The molecular formula is C22H29O2P.